The number of hydrogen-bond acceptors (Lipinski definition) is 5. The number of carbonyl (C=O) groups is 1. The Morgan fingerprint density at radius 1 is 1.23 bits per heavy atom. The number of carbonyl (C=O) groups excluding carboxylic acids is 1. The van der Waals surface area contributed by atoms with Gasteiger partial charge in [0.2, 0.25) is 5.91 Å². The Balaban J connectivity index is 1.66. The van der Waals surface area contributed by atoms with E-state index >= 15 is 0 Å². The molecule has 4 rings (SSSR count). The van der Waals surface area contributed by atoms with Crippen LogP contribution in [0.25, 0.3) is 16.7 Å². The summed E-state index contributed by atoms with van der Waals surface area (Å²) in [5.41, 5.74) is 4.85. The summed E-state index contributed by atoms with van der Waals surface area (Å²) in [4.78, 5) is 17.2. The number of aromatic nitrogens is 4. The summed E-state index contributed by atoms with van der Waals surface area (Å²) in [6.07, 6.45) is 5.75. The zero-order valence-corrected chi connectivity index (χ0v) is 18.5. The van der Waals surface area contributed by atoms with Crippen molar-refractivity contribution in [3.05, 3.63) is 40.5 Å². The van der Waals surface area contributed by atoms with E-state index in [4.69, 9.17) is 5.41 Å². The van der Waals surface area contributed by atoms with Gasteiger partial charge in [-0.15, -0.1) is 0 Å². The lowest BCUT2D eigenvalue weighted by Crippen LogP contribution is -2.37. The summed E-state index contributed by atoms with van der Waals surface area (Å²) in [7, 11) is 0. The van der Waals surface area contributed by atoms with Crippen LogP contribution in [0.2, 0.25) is 0 Å². The van der Waals surface area contributed by atoms with E-state index in [1.807, 2.05) is 23.6 Å². The summed E-state index contributed by atoms with van der Waals surface area (Å²) >= 11 is 1.35. The van der Waals surface area contributed by atoms with Crippen molar-refractivity contribution < 1.29 is 4.79 Å². The molecule has 0 aliphatic heterocycles. The minimum Gasteiger partial charge on any atom is -0.353 e. The molecule has 1 fully saturated rings. The lowest BCUT2D eigenvalue weighted by Gasteiger charge is -2.22. The topological polar surface area (TPSA) is 99.4 Å². The monoisotopic (exact) mass is 424 g/mol. The molecule has 0 spiro atoms. The van der Waals surface area contributed by atoms with Crippen LogP contribution in [0.4, 0.5) is 0 Å². The maximum atomic E-state index is 12.5. The van der Waals surface area contributed by atoms with E-state index in [-0.39, 0.29) is 17.7 Å². The van der Waals surface area contributed by atoms with Crippen molar-refractivity contribution in [3.63, 3.8) is 0 Å². The van der Waals surface area contributed by atoms with E-state index in [0.29, 0.717) is 21.7 Å². The number of fused-ring (bicyclic) bond motifs is 1. The third kappa shape index (κ3) is 4.14. The first kappa shape index (κ1) is 20.7. The number of nitrogens with one attached hydrogen (secondary N) is 3. The van der Waals surface area contributed by atoms with Gasteiger partial charge in [0.25, 0.3) is 0 Å². The van der Waals surface area contributed by atoms with Crippen LogP contribution in [0.3, 0.4) is 0 Å². The van der Waals surface area contributed by atoms with Crippen LogP contribution in [-0.4, -0.2) is 37.5 Å². The van der Waals surface area contributed by atoms with Gasteiger partial charge >= 0.3 is 0 Å². The second-order valence-corrected chi connectivity index (χ2v) is 9.03. The predicted octanol–water partition coefficient (Wildman–Crippen LogP) is 3.69. The summed E-state index contributed by atoms with van der Waals surface area (Å²) in [5.74, 6) is 0.285. The van der Waals surface area contributed by atoms with Gasteiger partial charge in [-0.2, -0.15) is 5.10 Å². The van der Waals surface area contributed by atoms with E-state index in [1.165, 1.54) is 36.6 Å². The Bertz CT molecular complexity index is 1140. The van der Waals surface area contributed by atoms with E-state index in [0.717, 1.165) is 29.8 Å². The summed E-state index contributed by atoms with van der Waals surface area (Å²) in [5, 5.41) is 20.5. The molecule has 158 valence electrons. The lowest BCUT2D eigenvalue weighted by molar-refractivity contribution is -0.119. The van der Waals surface area contributed by atoms with E-state index in [9.17, 15) is 4.79 Å². The first-order valence-corrected chi connectivity index (χ1v) is 11.4. The molecule has 0 saturated heterocycles. The fraction of sp³-hybridized carbons (Fsp3) is 0.455. The number of nitrogens with zero attached hydrogens (tertiary/aromatic N) is 3. The lowest BCUT2D eigenvalue weighted by atomic mass is 9.95. The van der Waals surface area contributed by atoms with Gasteiger partial charge in [-0.05, 0) is 56.9 Å². The Labute approximate surface area is 180 Å². The molecule has 1 aliphatic rings. The van der Waals surface area contributed by atoms with Gasteiger partial charge in [0.05, 0.1) is 11.1 Å². The number of H-pyrrole nitrogens is 1. The third-order valence-corrected chi connectivity index (χ3v) is 6.77. The van der Waals surface area contributed by atoms with Gasteiger partial charge in [-0.25, -0.2) is 4.98 Å². The maximum Gasteiger partial charge on any atom is 0.230 e. The van der Waals surface area contributed by atoms with Crippen LogP contribution in [0, 0.1) is 26.2 Å². The smallest absolute Gasteiger partial charge is 0.230 e. The number of benzene rings is 1. The van der Waals surface area contributed by atoms with Gasteiger partial charge in [0.15, 0.2) is 10.8 Å². The van der Waals surface area contributed by atoms with Gasteiger partial charge < -0.3 is 5.32 Å². The van der Waals surface area contributed by atoms with Crippen LogP contribution in [0.1, 0.15) is 48.9 Å². The maximum absolute atomic E-state index is 12.5. The van der Waals surface area contributed by atoms with E-state index in [1.54, 1.807) is 0 Å². The molecule has 1 aliphatic carbocycles. The first-order chi connectivity index (χ1) is 14.4. The largest absolute Gasteiger partial charge is 0.353 e. The molecule has 0 radical (unpaired) electrons. The average Bonchev–Trinajstić information content (AvgIpc) is 3.10. The van der Waals surface area contributed by atoms with Gasteiger partial charge in [-0.1, -0.05) is 37.1 Å². The number of amides is 1. The Hall–Kier alpha value is -2.61. The Morgan fingerprint density at radius 2 is 2.00 bits per heavy atom. The average molecular weight is 425 g/mol. The summed E-state index contributed by atoms with van der Waals surface area (Å²) < 4.78 is 1.82. The van der Waals surface area contributed by atoms with Crippen LogP contribution < -0.4 is 10.8 Å². The highest BCUT2D eigenvalue weighted by Crippen LogP contribution is 2.23. The second-order valence-electron chi connectivity index (χ2n) is 8.09. The SMILES string of the molecule is Cc1ccc(-n2c(SCC(=O)NC3CCCCC3)nc3n[nH]c(C)c3c2=N)cc1C. The molecular formula is C22H28N6OS. The molecule has 0 unspecified atom stereocenters. The van der Waals surface area contributed by atoms with Crippen molar-refractivity contribution >= 4 is 28.7 Å². The molecule has 1 saturated carbocycles. The zero-order valence-electron chi connectivity index (χ0n) is 17.7. The fourth-order valence-corrected chi connectivity index (χ4v) is 4.80. The Kier molecular flexibility index (Phi) is 5.94. The molecule has 8 heteroatoms. The van der Waals surface area contributed by atoms with Crippen LogP contribution >= 0.6 is 11.8 Å². The van der Waals surface area contributed by atoms with Crippen molar-refractivity contribution in [1.29, 1.82) is 5.41 Å². The highest BCUT2D eigenvalue weighted by Gasteiger charge is 2.19. The molecule has 1 aromatic carbocycles. The van der Waals surface area contributed by atoms with Crippen molar-refractivity contribution in [3.8, 4) is 5.69 Å². The van der Waals surface area contributed by atoms with Gasteiger partial charge in [0, 0.05) is 17.4 Å². The molecule has 2 heterocycles. The number of hydrogen-bond donors (Lipinski definition) is 3. The molecule has 7 nitrogen and oxygen atoms in total. The highest BCUT2D eigenvalue weighted by molar-refractivity contribution is 7.99. The van der Waals surface area contributed by atoms with Crippen molar-refractivity contribution in [1.82, 2.24) is 25.1 Å². The summed E-state index contributed by atoms with van der Waals surface area (Å²) in [6.45, 7) is 6.02. The fourth-order valence-electron chi connectivity index (χ4n) is 3.98. The number of thioether (sulfide) groups is 1. The van der Waals surface area contributed by atoms with Crippen LogP contribution in [0.5, 0.6) is 0 Å². The molecule has 2 aromatic heterocycles. The first-order valence-electron chi connectivity index (χ1n) is 10.5. The summed E-state index contributed by atoms with van der Waals surface area (Å²) in [6, 6.07) is 6.39. The number of aryl methyl sites for hydroxylation is 3. The number of aromatic amines is 1. The number of rotatable bonds is 5. The Morgan fingerprint density at radius 3 is 2.73 bits per heavy atom. The highest BCUT2D eigenvalue weighted by atomic mass is 32.2. The standard InChI is InChI=1S/C22H28N6OS/c1-13-9-10-17(11-14(13)2)28-20(23)19-15(3)26-27-21(19)25-22(28)30-12-18(29)24-16-7-5-4-6-8-16/h9-11,16,23H,4-8,12H2,1-3H3,(H,24,29)(H,26,27). The van der Waals surface area contributed by atoms with Crippen molar-refractivity contribution in [2.24, 2.45) is 0 Å². The van der Waals surface area contributed by atoms with Crippen LogP contribution in [0.15, 0.2) is 23.4 Å². The van der Waals surface area contributed by atoms with E-state index in [2.05, 4.69) is 40.4 Å². The minimum atomic E-state index is 0.0187. The minimum absolute atomic E-state index is 0.0187. The predicted molar refractivity (Wildman–Crippen MR) is 119 cm³/mol. The van der Waals surface area contributed by atoms with Crippen molar-refractivity contribution in [2.75, 3.05) is 5.75 Å². The molecule has 3 aromatic rings. The molecule has 0 bridgehead atoms. The molecular weight excluding hydrogens is 396 g/mol. The van der Waals surface area contributed by atoms with E-state index < -0.39 is 0 Å². The molecule has 1 amide bonds. The van der Waals surface area contributed by atoms with Gasteiger partial charge in [0.1, 0.15) is 5.49 Å². The van der Waals surface area contributed by atoms with Gasteiger partial charge in [-0.3, -0.25) is 19.9 Å². The van der Waals surface area contributed by atoms with Crippen molar-refractivity contribution in [2.45, 2.75) is 64.1 Å². The van der Waals surface area contributed by atoms with Crippen LogP contribution in [-0.2, 0) is 4.79 Å². The zero-order chi connectivity index (χ0) is 21.3. The quantitative estimate of drug-likeness (QED) is 0.430. The third-order valence-electron chi connectivity index (χ3n) is 5.83. The normalized spacial score (nSPS) is 14.9. The molecule has 30 heavy (non-hydrogen) atoms. The molecule has 3 N–H and O–H groups in total. The molecule has 0 atom stereocenters. The second kappa shape index (κ2) is 8.63.